The number of aliphatic hydroxyl groups excluding tert-OH is 1. The van der Waals surface area contributed by atoms with E-state index >= 15 is 0 Å². The molecule has 5 rings (SSSR count). The van der Waals surface area contributed by atoms with Crippen LogP contribution in [-0.2, 0) is 10.2 Å². The molecular weight excluding hydrogens is 472 g/mol. The van der Waals surface area contributed by atoms with Crippen LogP contribution in [-0.4, -0.2) is 41.4 Å². The van der Waals surface area contributed by atoms with Crippen LogP contribution in [0.15, 0.2) is 54.6 Å². The van der Waals surface area contributed by atoms with E-state index in [9.17, 15) is 18.4 Å². The van der Waals surface area contributed by atoms with Gasteiger partial charge in [-0.3, -0.25) is 9.59 Å². The highest BCUT2D eigenvalue weighted by atomic mass is 19.3. The maximum absolute atomic E-state index is 13.4. The topological polar surface area (TPSA) is 110 Å². The van der Waals surface area contributed by atoms with Crippen LogP contribution in [0.2, 0.25) is 0 Å². The molecule has 2 aromatic carbocycles. The van der Waals surface area contributed by atoms with Crippen LogP contribution in [0, 0.1) is 6.92 Å². The van der Waals surface area contributed by atoms with Gasteiger partial charge in [0.15, 0.2) is 11.5 Å². The highest BCUT2D eigenvalue weighted by Crippen LogP contribution is 2.52. The molecule has 8 nitrogen and oxygen atoms in total. The third-order valence-corrected chi connectivity index (χ3v) is 6.27. The van der Waals surface area contributed by atoms with Gasteiger partial charge in [0.05, 0.1) is 17.7 Å². The summed E-state index contributed by atoms with van der Waals surface area (Å²) in [6, 6.07) is 14.8. The molecule has 0 atom stereocenters. The summed E-state index contributed by atoms with van der Waals surface area (Å²) >= 11 is 0. The Kier molecular flexibility index (Phi) is 5.83. The van der Waals surface area contributed by atoms with Crippen molar-refractivity contribution >= 4 is 17.6 Å². The minimum atomic E-state index is -3.72. The number of halogens is 2. The van der Waals surface area contributed by atoms with Crippen LogP contribution in [0.1, 0.15) is 34.3 Å². The van der Waals surface area contributed by atoms with Gasteiger partial charge < -0.3 is 25.2 Å². The fourth-order valence-electron chi connectivity index (χ4n) is 4.22. The average Bonchev–Trinajstić information content (AvgIpc) is 3.60. The fourth-order valence-corrected chi connectivity index (χ4v) is 4.22. The van der Waals surface area contributed by atoms with Gasteiger partial charge in [-0.05, 0) is 61.2 Å². The number of aliphatic hydroxyl groups is 1. The van der Waals surface area contributed by atoms with Crippen molar-refractivity contribution in [2.45, 2.75) is 31.5 Å². The van der Waals surface area contributed by atoms with Crippen molar-refractivity contribution in [1.29, 1.82) is 0 Å². The molecule has 2 heterocycles. The molecule has 10 heteroatoms. The molecule has 0 radical (unpaired) electrons. The van der Waals surface area contributed by atoms with Gasteiger partial charge in [-0.1, -0.05) is 24.3 Å². The Labute approximate surface area is 205 Å². The van der Waals surface area contributed by atoms with E-state index in [1.807, 2.05) is 19.1 Å². The van der Waals surface area contributed by atoms with Crippen molar-refractivity contribution in [3.05, 3.63) is 71.3 Å². The number of rotatable bonds is 7. The molecule has 3 N–H and O–H groups in total. The van der Waals surface area contributed by atoms with Crippen molar-refractivity contribution in [2.75, 3.05) is 18.5 Å². The average molecular weight is 495 g/mol. The monoisotopic (exact) mass is 495 g/mol. The second-order valence-electron chi connectivity index (χ2n) is 8.79. The van der Waals surface area contributed by atoms with Gasteiger partial charge in [-0.15, -0.1) is 8.78 Å². The number of alkyl halides is 2. The van der Waals surface area contributed by atoms with E-state index in [-0.39, 0.29) is 36.5 Å². The minimum absolute atomic E-state index is 0.0722. The highest BCUT2D eigenvalue weighted by molar-refractivity contribution is 6.01. The zero-order valence-corrected chi connectivity index (χ0v) is 19.3. The molecule has 1 aromatic heterocycles. The fraction of sp³-hybridized carbons (Fsp3) is 0.269. The number of benzene rings is 2. The summed E-state index contributed by atoms with van der Waals surface area (Å²) in [5.74, 6) is -0.459. The number of hydrogen-bond acceptors (Lipinski definition) is 6. The second kappa shape index (κ2) is 8.87. The number of aryl methyl sites for hydroxylation is 1. The zero-order chi connectivity index (χ0) is 25.5. The van der Waals surface area contributed by atoms with E-state index in [1.54, 1.807) is 30.3 Å². The minimum Gasteiger partial charge on any atom is -0.395 e. The predicted molar refractivity (Wildman–Crippen MR) is 126 cm³/mol. The molecule has 2 amide bonds. The number of nitrogens with zero attached hydrogens (tertiary/aromatic N) is 1. The summed E-state index contributed by atoms with van der Waals surface area (Å²) in [5.41, 5.74) is 2.25. The number of pyridine rings is 1. The van der Waals surface area contributed by atoms with Gasteiger partial charge >= 0.3 is 6.29 Å². The molecule has 1 aliphatic heterocycles. The van der Waals surface area contributed by atoms with Gasteiger partial charge in [0, 0.05) is 17.7 Å². The Morgan fingerprint density at radius 1 is 1.06 bits per heavy atom. The van der Waals surface area contributed by atoms with Crippen LogP contribution in [0.4, 0.5) is 14.6 Å². The number of fused-ring (bicyclic) bond motifs is 1. The van der Waals surface area contributed by atoms with Crippen LogP contribution in [0.5, 0.6) is 11.5 Å². The molecule has 0 unspecified atom stereocenters. The summed E-state index contributed by atoms with van der Waals surface area (Å²) in [5, 5.41) is 14.4. The molecule has 0 spiro atoms. The van der Waals surface area contributed by atoms with Crippen LogP contribution >= 0.6 is 0 Å². The maximum Gasteiger partial charge on any atom is 0.586 e. The molecule has 36 heavy (non-hydrogen) atoms. The zero-order valence-electron chi connectivity index (χ0n) is 19.3. The maximum atomic E-state index is 13.4. The first-order valence-electron chi connectivity index (χ1n) is 11.4. The first kappa shape index (κ1) is 23.7. The summed E-state index contributed by atoms with van der Waals surface area (Å²) in [6.07, 6.45) is -2.61. The van der Waals surface area contributed by atoms with Gasteiger partial charge in [0.2, 0.25) is 5.91 Å². The van der Waals surface area contributed by atoms with E-state index < -0.39 is 11.7 Å². The van der Waals surface area contributed by atoms with Crippen LogP contribution in [0.25, 0.3) is 11.3 Å². The lowest BCUT2D eigenvalue weighted by Crippen LogP contribution is -2.28. The molecule has 0 bridgehead atoms. The Hall–Kier alpha value is -4.05. The van der Waals surface area contributed by atoms with E-state index in [0.29, 0.717) is 41.0 Å². The van der Waals surface area contributed by atoms with E-state index in [0.717, 1.165) is 5.56 Å². The normalized spacial score (nSPS) is 16.3. The molecule has 1 aliphatic carbocycles. The first-order chi connectivity index (χ1) is 17.2. The Morgan fingerprint density at radius 2 is 1.83 bits per heavy atom. The number of anilines is 1. The number of carbonyl (C=O) groups excluding carboxylic acids is 2. The lowest BCUT2D eigenvalue weighted by molar-refractivity contribution is -0.286. The Balaban J connectivity index is 1.37. The second-order valence-corrected chi connectivity index (χ2v) is 8.79. The van der Waals surface area contributed by atoms with Crippen molar-refractivity contribution < 1.29 is 33.0 Å². The lowest BCUT2D eigenvalue weighted by atomic mass is 9.94. The van der Waals surface area contributed by atoms with E-state index in [4.69, 9.17) is 5.11 Å². The van der Waals surface area contributed by atoms with Crippen LogP contribution < -0.4 is 20.1 Å². The smallest absolute Gasteiger partial charge is 0.395 e. The van der Waals surface area contributed by atoms with Crippen molar-refractivity contribution in [3.8, 4) is 22.8 Å². The van der Waals surface area contributed by atoms with Crippen LogP contribution in [0.3, 0.4) is 0 Å². The third-order valence-electron chi connectivity index (χ3n) is 6.27. The molecular formula is C26H23F2N3O5. The van der Waals surface area contributed by atoms with Crippen molar-refractivity contribution in [1.82, 2.24) is 10.3 Å². The van der Waals surface area contributed by atoms with Gasteiger partial charge in [-0.25, -0.2) is 4.98 Å². The lowest BCUT2D eigenvalue weighted by Gasteiger charge is -2.17. The van der Waals surface area contributed by atoms with E-state index in [1.165, 1.54) is 12.1 Å². The van der Waals surface area contributed by atoms with Gasteiger partial charge in [0.25, 0.3) is 5.91 Å². The SMILES string of the molecule is Cc1ccc(NC(=O)C2(c3ccc4c(c3)OC(F)(F)O4)CC2)nc1-c1cccc(C(=O)NCCO)c1. The molecule has 3 aromatic rings. The summed E-state index contributed by atoms with van der Waals surface area (Å²) in [4.78, 5) is 30.2. The number of hydrogen-bond donors (Lipinski definition) is 3. The predicted octanol–water partition coefficient (Wildman–Crippen LogP) is 3.77. The highest BCUT2D eigenvalue weighted by Gasteiger charge is 2.53. The largest absolute Gasteiger partial charge is 0.586 e. The summed E-state index contributed by atoms with van der Waals surface area (Å²) in [7, 11) is 0. The standard InChI is InChI=1S/C26H23F2N3O5/c1-15-5-8-21(30-22(15)16-3-2-4-17(13-16)23(33)29-11-12-32)31-24(34)25(9-10-25)18-6-7-19-20(14-18)36-26(27,28)35-19/h2-8,13-14,32H,9-12H2,1H3,(H,29,33)(H,30,31,34). The molecule has 1 saturated carbocycles. The van der Waals surface area contributed by atoms with Gasteiger partial charge in [-0.2, -0.15) is 0 Å². The quantitative estimate of drug-likeness (QED) is 0.460. The Morgan fingerprint density at radius 3 is 2.58 bits per heavy atom. The van der Waals surface area contributed by atoms with E-state index in [2.05, 4.69) is 25.1 Å². The summed E-state index contributed by atoms with van der Waals surface area (Å²) < 4.78 is 35.8. The molecule has 0 saturated heterocycles. The molecule has 1 fully saturated rings. The first-order valence-corrected chi connectivity index (χ1v) is 11.4. The number of aromatic nitrogens is 1. The van der Waals surface area contributed by atoms with Crippen molar-refractivity contribution in [3.63, 3.8) is 0 Å². The third kappa shape index (κ3) is 4.47. The number of ether oxygens (including phenoxy) is 2. The number of carbonyl (C=O) groups is 2. The van der Waals surface area contributed by atoms with Crippen molar-refractivity contribution in [2.24, 2.45) is 0 Å². The number of nitrogens with one attached hydrogen (secondary N) is 2. The molecule has 186 valence electrons. The molecule has 2 aliphatic rings. The Bertz CT molecular complexity index is 1360. The summed E-state index contributed by atoms with van der Waals surface area (Å²) in [6.45, 7) is 1.86. The van der Waals surface area contributed by atoms with Gasteiger partial charge in [0.1, 0.15) is 5.82 Å². The number of amides is 2.